The first-order valence-corrected chi connectivity index (χ1v) is 9.66. The number of benzene rings is 2. The molecule has 0 fully saturated rings. The number of anilines is 2. The number of nitrogens with one attached hydrogen (secondary N) is 1. The van der Waals surface area contributed by atoms with Crippen molar-refractivity contribution in [3.63, 3.8) is 0 Å². The Balaban J connectivity index is 1.78. The zero-order valence-corrected chi connectivity index (χ0v) is 17.3. The van der Waals surface area contributed by atoms with E-state index >= 15 is 0 Å². The van der Waals surface area contributed by atoms with E-state index in [0.29, 0.717) is 12.1 Å². The molecule has 0 saturated carbocycles. The van der Waals surface area contributed by atoms with Crippen LogP contribution in [0.25, 0.3) is 0 Å². The summed E-state index contributed by atoms with van der Waals surface area (Å²) in [6.45, 7) is 10.2. The van der Waals surface area contributed by atoms with Gasteiger partial charge in [0.05, 0.1) is 5.69 Å². The number of amides is 2. The molecule has 28 heavy (non-hydrogen) atoms. The zero-order chi connectivity index (χ0) is 20.5. The number of ether oxygens (including phenoxy) is 1. The van der Waals surface area contributed by atoms with Crippen LogP contribution in [-0.2, 0) is 11.2 Å². The second-order valence-corrected chi connectivity index (χ2v) is 8.33. The lowest BCUT2D eigenvalue weighted by Gasteiger charge is -2.32. The molecule has 148 valence electrons. The average molecular weight is 380 g/mol. The molecule has 3 rings (SSSR count). The average Bonchev–Trinajstić information content (AvgIpc) is 2.61. The van der Waals surface area contributed by atoms with Crippen LogP contribution in [0.1, 0.15) is 54.2 Å². The highest BCUT2D eigenvalue weighted by Gasteiger charge is 2.27. The lowest BCUT2D eigenvalue weighted by atomic mass is 10.0. The van der Waals surface area contributed by atoms with Crippen LogP contribution in [0.4, 0.5) is 16.2 Å². The first kappa shape index (κ1) is 19.9. The third-order valence-electron chi connectivity index (χ3n) is 4.84. The molecule has 2 amide bonds. The van der Waals surface area contributed by atoms with Crippen molar-refractivity contribution in [2.75, 3.05) is 16.8 Å². The minimum Gasteiger partial charge on any atom is -0.443 e. The standard InChI is InChI=1S/C23H28N2O3/c1-15-8-9-18(13-16(15)2)21(26)24-19-10-11-20-17(14-19)7-6-12-25(20)22(27)28-23(3,4)5/h8-11,13-14H,6-7,12H2,1-5H3,(H,24,26). The summed E-state index contributed by atoms with van der Waals surface area (Å²) in [5.74, 6) is -0.136. The maximum atomic E-state index is 12.6. The maximum Gasteiger partial charge on any atom is 0.414 e. The Morgan fingerprint density at radius 3 is 2.46 bits per heavy atom. The number of aryl methyl sites for hydroxylation is 3. The smallest absolute Gasteiger partial charge is 0.414 e. The molecule has 0 spiro atoms. The first-order chi connectivity index (χ1) is 13.1. The van der Waals surface area contributed by atoms with Crippen LogP contribution in [-0.4, -0.2) is 24.1 Å². The maximum absolute atomic E-state index is 12.6. The molecular formula is C23H28N2O3. The van der Waals surface area contributed by atoms with Crippen LogP contribution in [0.3, 0.4) is 0 Å². The van der Waals surface area contributed by atoms with Crippen LogP contribution < -0.4 is 10.2 Å². The van der Waals surface area contributed by atoms with E-state index in [2.05, 4.69) is 5.32 Å². The van der Waals surface area contributed by atoms with Crippen molar-refractivity contribution in [3.8, 4) is 0 Å². The van der Waals surface area contributed by atoms with Gasteiger partial charge in [-0.25, -0.2) is 4.79 Å². The highest BCUT2D eigenvalue weighted by molar-refractivity contribution is 6.04. The van der Waals surface area contributed by atoms with Gasteiger partial charge in [0.25, 0.3) is 5.91 Å². The van der Waals surface area contributed by atoms with Crippen LogP contribution in [0.5, 0.6) is 0 Å². The summed E-state index contributed by atoms with van der Waals surface area (Å²) in [6, 6.07) is 11.4. The zero-order valence-electron chi connectivity index (χ0n) is 17.3. The summed E-state index contributed by atoms with van der Waals surface area (Å²) in [4.78, 5) is 26.8. The molecule has 0 atom stereocenters. The number of hydrogen-bond donors (Lipinski definition) is 1. The summed E-state index contributed by atoms with van der Waals surface area (Å²) in [6.07, 6.45) is 1.39. The highest BCUT2D eigenvalue weighted by Crippen LogP contribution is 2.31. The lowest BCUT2D eigenvalue weighted by Crippen LogP contribution is -2.39. The summed E-state index contributed by atoms with van der Waals surface area (Å²) in [5.41, 5.74) is 4.97. The van der Waals surface area contributed by atoms with Gasteiger partial charge in [-0.3, -0.25) is 9.69 Å². The first-order valence-electron chi connectivity index (χ1n) is 9.66. The Morgan fingerprint density at radius 1 is 1.04 bits per heavy atom. The van der Waals surface area contributed by atoms with Crippen molar-refractivity contribution in [2.24, 2.45) is 0 Å². The third-order valence-corrected chi connectivity index (χ3v) is 4.84. The highest BCUT2D eigenvalue weighted by atomic mass is 16.6. The fraction of sp³-hybridized carbons (Fsp3) is 0.391. The summed E-state index contributed by atoms with van der Waals surface area (Å²) >= 11 is 0. The van der Waals surface area contributed by atoms with Gasteiger partial charge in [0.1, 0.15) is 5.60 Å². The largest absolute Gasteiger partial charge is 0.443 e. The fourth-order valence-corrected chi connectivity index (χ4v) is 3.27. The molecular weight excluding hydrogens is 352 g/mol. The van der Waals surface area contributed by atoms with E-state index in [-0.39, 0.29) is 12.0 Å². The molecule has 0 aromatic heterocycles. The van der Waals surface area contributed by atoms with E-state index in [1.165, 1.54) is 0 Å². The van der Waals surface area contributed by atoms with Crippen LogP contribution in [0, 0.1) is 13.8 Å². The van der Waals surface area contributed by atoms with Gasteiger partial charge in [-0.05, 0) is 94.5 Å². The normalized spacial score (nSPS) is 13.7. The quantitative estimate of drug-likeness (QED) is 0.775. The van der Waals surface area contributed by atoms with Gasteiger partial charge < -0.3 is 10.1 Å². The van der Waals surface area contributed by atoms with Gasteiger partial charge in [-0.1, -0.05) is 6.07 Å². The predicted octanol–water partition coefficient (Wildman–Crippen LogP) is 5.24. The number of hydrogen-bond acceptors (Lipinski definition) is 3. The molecule has 1 aliphatic heterocycles. The van der Waals surface area contributed by atoms with Crippen molar-refractivity contribution in [3.05, 3.63) is 58.7 Å². The van der Waals surface area contributed by atoms with Crippen molar-refractivity contribution < 1.29 is 14.3 Å². The lowest BCUT2D eigenvalue weighted by molar-refractivity contribution is 0.0577. The fourth-order valence-electron chi connectivity index (χ4n) is 3.27. The molecule has 0 unspecified atom stereocenters. The molecule has 5 nitrogen and oxygen atoms in total. The van der Waals surface area contributed by atoms with Crippen molar-refractivity contribution in [2.45, 2.75) is 53.1 Å². The second kappa shape index (κ2) is 7.66. The van der Waals surface area contributed by atoms with Crippen LogP contribution >= 0.6 is 0 Å². The van der Waals surface area contributed by atoms with Gasteiger partial charge in [0, 0.05) is 17.8 Å². The molecule has 2 aromatic rings. The Bertz CT molecular complexity index is 913. The minimum atomic E-state index is -0.533. The molecule has 5 heteroatoms. The third kappa shape index (κ3) is 4.53. The summed E-state index contributed by atoms with van der Waals surface area (Å²) in [7, 11) is 0. The Labute approximate surface area is 166 Å². The van der Waals surface area contributed by atoms with Crippen molar-refractivity contribution in [1.82, 2.24) is 0 Å². The molecule has 0 bridgehead atoms. The van der Waals surface area contributed by atoms with Crippen LogP contribution in [0.15, 0.2) is 36.4 Å². The summed E-state index contributed by atoms with van der Waals surface area (Å²) in [5, 5.41) is 2.96. The molecule has 2 aromatic carbocycles. The van der Waals surface area contributed by atoms with Gasteiger partial charge >= 0.3 is 6.09 Å². The second-order valence-electron chi connectivity index (χ2n) is 8.33. The van der Waals surface area contributed by atoms with E-state index in [1.807, 2.05) is 71.0 Å². The van der Waals surface area contributed by atoms with Crippen LogP contribution in [0.2, 0.25) is 0 Å². The van der Waals surface area contributed by atoms with Gasteiger partial charge in [0.2, 0.25) is 0 Å². The van der Waals surface area contributed by atoms with Crippen molar-refractivity contribution in [1.29, 1.82) is 0 Å². The van der Waals surface area contributed by atoms with Gasteiger partial charge in [-0.2, -0.15) is 0 Å². The molecule has 1 heterocycles. The Morgan fingerprint density at radius 2 is 1.79 bits per heavy atom. The molecule has 1 aliphatic rings. The Kier molecular flexibility index (Phi) is 5.45. The van der Waals surface area contributed by atoms with Crippen molar-refractivity contribution >= 4 is 23.4 Å². The molecule has 0 radical (unpaired) electrons. The van der Waals surface area contributed by atoms with E-state index in [1.54, 1.807) is 4.90 Å². The topological polar surface area (TPSA) is 58.6 Å². The number of fused-ring (bicyclic) bond motifs is 1. The number of rotatable bonds is 2. The van der Waals surface area contributed by atoms with Gasteiger partial charge in [0.15, 0.2) is 0 Å². The number of nitrogens with zero attached hydrogens (tertiary/aromatic N) is 1. The summed E-state index contributed by atoms with van der Waals surface area (Å²) < 4.78 is 5.52. The molecule has 0 saturated heterocycles. The number of carbonyl (C=O) groups excluding carboxylic acids is 2. The van der Waals surface area contributed by atoms with E-state index < -0.39 is 5.60 Å². The predicted molar refractivity (Wildman–Crippen MR) is 112 cm³/mol. The molecule has 0 aliphatic carbocycles. The van der Waals surface area contributed by atoms with E-state index in [0.717, 1.165) is 40.9 Å². The van der Waals surface area contributed by atoms with Gasteiger partial charge in [-0.15, -0.1) is 0 Å². The van der Waals surface area contributed by atoms with E-state index in [9.17, 15) is 9.59 Å². The number of carbonyl (C=O) groups is 2. The molecule has 1 N–H and O–H groups in total. The van der Waals surface area contributed by atoms with E-state index in [4.69, 9.17) is 4.74 Å². The minimum absolute atomic E-state index is 0.136. The SMILES string of the molecule is Cc1ccc(C(=O)Nc2ccc3c(c2)CCCN3C(=O)OC(C)(C)C)cc1C. The monoisotopic (exact) mass is 380 g/mol. The Hall–Kier alpha value is -2.82.